The predicted octanol–water partition coefficient (Wildman–Crippen LogP) is 5.60. The maximum atomic E-state index is 13.3. The van der Waals surface area contributed by atoms with Crippen molar-refractivity contribution in [1.29, 1.82) is 0 Å². The fourth-order valence-corrected chi connectivity index (χ4v) is 1.85. The Morgan fingerprint density at radius 2 is 1.94 bits per heavy atom. The zero-order valence-electron chi connectivity index (χ0n) is 11.3. The molecule has 0 bridgehead atoms. The largest absolute Gasteiger partial charge is 0.203 e. The van der Waals surface area contributed by atoms with Crippen LogP contribution in [0.3, 0.4) is 0 Å². The number of halogens is 1. The van der Waals surface area contributed by atoms with Crippen molar-refractivity contribution < 1.29 is 4.39 Å². The molecule has 0 atom stereocenters. The molecule has 1 aromatic carbocycles. The molecule has 98 valence electrons. The van der Waals surface area contributed by atoms with Gasteiger partial charge in [-0.15, -0.1) is 0 Å². The molecule has 0 heterocycles. The quantitative estimate of drug-likeness (QED) is 0.414. The normalized spacial score (nSPS) is 9.89. The van der Waals surface area contributed by atoms with E-state index < -0.39 is 0 Å². The van der Waals surface area contributed by atoms with Crippen LogP contribution >= 0.6 is 0 Å². The fraction of sp³-hybridized carbons (Fsp3) is 0.471. The van der Waals surface area contributed by atoms with Crippen molar-refractivity contribution in [3.63, 3.8) is 0 Å². The van der Waals surface area contributed by atoms with Crippen LogP contribution in [0.25, 0.3) is 0 Å². The first kappa shape index (κ1) is 14.7. The highest BCUT2D eigenvalue weighted by atomic mass is 19.1. The van der Waals surface area contributed by atoms with Crippen LogP contribution < -0.4 is 0 Å². The summed E-state index contributed by atoms with van der Waals surface area (Å²) in [5.41, 5.74) is 4.05. The summed E-state index contributed by atoms with van der Waals surface area (Å²) >= 11 is 0. The van der Waals surface area contributed by atoms with Crippen molar-refractivity contribution >= 4 is 0 Å². The predicted molar refractivity (Wildman–Crippen MR) is 76.2 cm³/mol. The smallest absolute Gasteiger partial charge is 0.142 e. The summed E-state index contributed by atoms with van der Waals surface area (Å²) in [5, 5.41) is 0. The highest BCUT2D eigenvalue weighted by molar-refractivity contribution is 5.15. The van der Waals surface area contributed by atoms with Crippen LogP contribution in [0.15, 0.2) is 48.0 Å². The summed E-state index contributed by atoms with van der Waals surface area (Å²) in [5.74, 6) is -0.0980. The van der Waals surface area contributed by atoms with Crippen LogP contribution in [0.4, 0.5) is 4.39 Å². The van der Waals surface area contributed by atoms with Crippen molar-refractivity contribution in [1.82, 2.24) is 0 Å². The van der Waals surface area contributed by atoms with E-state index in [1.54, 1.807) is 0 Å². The van der Waals surface area contributed by atoms with E-state index in [2.05, 4.69) is 24.8 Å². The van der Waals surface area contributed by atoms with E-state index in [9.17, 15) is 4.39 Å². The van der Waals surface area contributed by atoms with E-state index in [4.69, 9.17) is 0 Å². The van der Waals surface area contributed by atoms with Gasteiger partial charge in [-0.3, -0.25) is 0 Å². The minimum absolute atomic E-state index is 0.0980. The average Bonchev–Trinajstić information content (AvgIpc) is 2.41. The fourth-order valence-electron chi connectivity index (χ4n) is 1.85. The Labute approximate surface area is 110 Å². The molecule has 0 aliphatic rings. The lowest BCUT2D eigenvalue weighted by Gasteiger charge is -1.96. The molecular weight excluding hydrogens is 223 g/mol. The summed E-state index contributed by atoms with van der Waals surface area (Å²) < 4.78 is 13.3. The van der Waals surface area contributed by atoms with Gasteiger partial charge >= 0.3 is 0 Å². The maximum Gasteiger partial charge on any atom is 0.142 e. The third-order valence-electron chi connectivity index (χ3n) is 2.93. The van der Waals surface area contributed by atoms with Crippen LogP contribution in [0.1, 0.15) is 51.0 Å². The van der Waals surface area contributed by atoms with E-state index in [1.165, 1.54) is 18.4 Å². The molecule has 0 aromatic heterocycles. The first-order valence-electron chi connectivity index (χ1n) is 6.96. The van der Waals surface area contributed by atoms with Crippen LogP contribution in [0.5, 0.6) is 0 Å². The standard InChI is InChI=1S/C17H23F/c1-2-3-4-8-14-17(18)15-10-9-13-16-11-6-5-7-12-16/h5-7,10-12H,2-4,8-9,13-14H2,1H3. The number of hydrogen-bond acceptors (Lipinski definition) is 0. The molecule has 1 rings (SSSR count). The SMILES string of the molecule is CCCCCCC(F)=C=CCCc1ccccc1. The van der Waals surface area contributed by atoms with Gasteiger partial charge in [0.05, 0.1) is 0 Å². The Kier molecular flexibility index (Phi) is 7.92. The summed E-state index contributed by atoms with van der Waals surface area (Å²) in [6.07, 6.45) is 8.63. The van der Waals surface area contributed by atoms with Crippen LogP contribution in [0, 0.1) is 0 Å². The molecule has 0 nitrogen and oxygen atoms in total. The molecule has 0 aliphatic carbocycles. The number of rotatable bonds is 8. The first-order chi connectivity index (χ1) is 8.83. The summed E-state index contributed by atoms with van der Waals surface area (Å²) in [4.78, 5) is 0. The molecule has 0 spiro atoms. The van der Waals surface area contributed by atoms with Gasteiger partial charge in [-0.05, 0) is 30.9 Å². The summed E-state index contributed by atoms with van der Waals surface area (Å²) in [6, 6.07) is 10.3. The van der Waals surface area contributed by atoms with Gasteiger partial charge in [-0.1, -0.05) is 62.2 Å². The van der Waals surface area contributed by atoms with Gasteiger partial charge in [-0.2, -0.15) is 0 Å². The molecular formula is C17H23F. The Morgan fingerprint density at radius 3 is 2.67 bits per heavy atom. The molecule has 0 saturated heterocycles. The van der Waals surface area contributed by atoms with Gasteiger partial charge < -0.3 is 0 Å². The lowest BCUT2D eigenvalue weighted by Crippen LogP contribution is -1.81. The molecule has 0 saturated carbocycles. The van der Waals surface area contributed by atoms with Gasteiger partial charge in [-0.25, -0.2) is 4.39 Å². The second-order valence-corrected chi connectivity index (χ2v) is 4.59. The van der Waals surface area contributed by atoms with E-state index in [1.807, 2.05) is 24.3 Å². The third-order valence-corrected chi connectivity index (χ3v) is 2.93. The molecule has 18 heavy (non-hydrogen) atoms. The van der Waals surface area contributed by atoms with Crippen molar-refractivity contribution in [3.8, 4) is 0 Å². The molecule has 1 aromatic rings. The van der Waals surface area contributed by atoms with Gasteiger partial charge in [0.2, 0.25) is 0 Å². The number of allylic oxidation sites excluding steroid dienone is 1. The molecule has 0 aliphatic heterocycles. The number of unbranched alkanes of at least 4 members (excludes halogenated alkanes) is 3. The van der Waals surface area contributed by atoms with Gasteiger partial charge in [0.1, 0.15) is 5.83 Å². The molecule has 0 fully saturated rings. The van der Waals surface area contributed by atoms with E-state index in [0.717, 1.165) is 25.7 Å². The first-order valence-corrected chi connectivity index (χ1v) is 6.96. The summed E-state index contributed by atoms with van der Waals surface area (Å²) in [6.45, 7) is 2.16. The van der Waals surface area contributed by atoms with Gasteiger partial charge in [0.15, 0.2) is 0 Å². The average molecular weight is 246 g/mol. The van der Waals surface area contributed by atoms with E-state index in [0.29, 0.717) is 6.42 Å². The van der Waals surface area contributed by atoms with Crippen molar-refractivity contribution in [2.75, 3.05) is 0 Å². The van der Waals surface area contributed by atoms with Crippen molar-refractivity contribution in [2.24, 2.45) is 0 Å². The minimum atomic E-state index is -0.0980. The second kappa shape index (κ2) is 9.67. The highest BCUT2D eigenvalue weighted by Gasteiger charge is 1.93. The number of hydrogen-bond donors (Lipinski definition) is 0. The number of benzene rings is 1. The minimum Gasteiger partial charge on any atom is -0.203 e. The van der Waals surface area contributed by atoms with Crippen molar-refractivity contribution in [3.05, 3.63) is 53.5 Å². The van der Waals surface area contributed by atoms with Crippen LogP contribution in [-0.4, -0.2) is 0 Å². The maximum absolute atomic E-state index is 13.3. The van der Waals surface area contributed by atoms with Crippen LogP contribution in [-0.2, 0) is 6.42 Å². The Balaban J connectivity index is 2.21. The van der Waals surface area contributed by atoms with Gasteiger partial charge in [0, 0.05) is 6.42 Å². The summed E-state index contributed by atoms with van der Waals surface area (Å²) in [7, 11) is 0. The third kappa shape index (κ3) is 7.09. The monoisotopic (exact) mass is 246 g/mol. The topological polar surface area (TPSA) is 0 Å². The zero-order valence-corrected chi connectivity index (χ0v) is 11.3. The molecule has 1 heteroatoms. The Hall–Kier alpha value is -1.33. The van der Waals surface area contributed by atoms with Gasteiger partial charge in [0.25, 0.3) is 0 Å². The van der Waals surface area contributed by atoms with E-state index in [-0.39, 0.29) is 5.83 Å². The second-order valence-electron chi connectivity index (χ2n) is 4.59. The highest BCUT2D eigenvalue weighted by Crippen LogP contribution is 2.10. The molecule has 0 unspecified atom stereocenters. The zero-order chi connectivity index (χ0) is 13.1. The molecule has 0 N–H and O–H groups in total. The van der Waals surface area contributed by atoms with Crippen LogP contribution in [0.2, 0.25) is 0 Å². The Bertz CT molecular complexity index is 372. The van der Waals surface area contributed by atoms with E-state index >= 15 is 0 Å². The van der Waals surface area contributed by atoms with Crippen molar-refractivity contribution in [2.45, 2.75) is 51.9 Å². The molecule has 0 radical (unpaired) electrons. The number of aryl methyl sites for hydroxylation is 1. The lowest BCUT2D eigenvalue weighted by molar-refractivity contribution is 0.554. The molecule has 0 amide bonds. The lowest BCUT2D eigenvalue weighted by atomic mass is 10.1. The Morgan fingerprint density at radius 1 is 1.17 bits per heavy atom.